The quantitative estimate of drug-likeness (QED) is 0.749. The van der Waals surface area contributed by atoms with Crippen LogP contribution in [0.2, 0.25) is 0 Å². The maximum atomic E-state index is 10.5. The average Bonchev–Trinajstić information content (AvgIpc) is 2.30. The number of hydrogen-bond acceptors (Lipinski definition) is 4. The van der Waals surface area contributed by atoms with Gasteiger partial charge < -0.3 is 15.2 Å². The third kappa shape index (κ3) is 1.96. The summed E-state index contributed by atoms with van der Waals surface area (Å²) in [6.45, 7) is 1.63. The Hall–Kier alpha value is -1.13. The molecule has 0 aliphatic carbocycles. The van der Waals surface area contributed by atoms with Crippen LogP contribution in [0.1, 0.15) is 18.5 Å². The van der Waals surface area contributed by atoms with Gasteiger partial charge in [0, 0.05) is 6.20 Å². The zero-order chi connectivity index (χ0) is 10.7. The first kappa shape index (κ1) is 10.4. The van der Waals surface area contributed by atoms with Gasteiger partial charge in [-0.1, -0.05) is 0 Å². The van der Waals surface area contributed by atoms with Crippen molar-refractivity contribution in [3.63, 3.8) is 0 Å². The summed E-state index contributed by atoms with van der Waals surface area (Å²) in [5.74, 6) is 0.668. The molecule has 1 aromatic rings. The van der Waals surface area contributed by atoms with Crippen LogP contribution in [-0.2, 0) is 5.60 Å². The van der Waals surface area contributed by atoms with Gasteiger partial charge in [-0.2, -0.15) is 0 Å². The molecule has 4 heteroatoms. The van der Waals surface area contributed by atoms with Crippen molar-refractivity contribution >= 4 is 0 Å². The van der Waals surface area contributed by atoms with Crippen LogP contribution in [0.15, 0.2) is 18.3 Å². The number of ether oxygens (including phenoxy) is 1. The number of aromatic nitrogens is 1. The molecule has 1 fully saturated rings. The zero-order valence-corrected chi connectivity index (χ0v) is 8.86. The molecule has 0 amide bonds. The maximum absolute atomic E-state index is 10.5. The first-order valence-corrected chi connectivity index (χ1v) is 5.19. The third-order valence-electron chi connectivity index (χ3n) is 2.86. The van der Waals surface area contributed by atoms with Crippen molar-refractivity contribution in [1.29, 1.82) is 0 Å². The standard InChI is InChI=1S/C11H16N2O2/c1-15-9-3-2-6-13-10(9)11(14)4-7-12-8-5-11/h2-3,6,12,14H,4-5,7-8H2,1H3. The molecule has 0 atom stereocenters. The Morgan fingerprint density at radius 1 is 1.47 bits per heavy atom. The largest absolute Gasteiger partial charge is 0.495 e. The first-order valence-electron chi connectivity index (χ1n) is 5.19. The normalized spacial score (nSPS) is 19.9. The second-order valence-electron chi connectivity index (χ2n) is 3.84. The molecule has 15 heavy (non-hydrogen) atoms. The highest BCUT2D eigenvalue weighted by molar-refractivity contribution is 5.32. The number of piperidine rings is 1. The first-order chi connectivity index (χ1) is 7.26. The molecule has 0 unspecified atom stereocenters. The fourth-order valence-electron chi connectivity index (χ4n) is 1.98. The van der Waals surface area contributed by atoms with Crippen molar-refractivity contribution in [1.82, 2.24) is 10.3 Å². The van der Waals surface area contributed by atoms with Gasteiger partial charge in [-0.15, -0.1) is 0 Å². The van der Waals surface area contributed by atoms with E-state index >= 15 is 0 Å². The lowest BCUT2D eigenvalue weighted by Crippen LogP contribution is -2.40. The number of aliphatic hydroxyl groups is 1. The number of rotatable bonds is 2. The van der Waals surface area contributed by atoms with Crippen LogP contribution >= 0.6 is 0 Å². The molecule has 1 aliphatic heterocycles. The minimum atomic E-state index is -0.835. The minimum absolute atomic E-state index is 0.661. The van der Waals surface area contributed by atoms with Crippen LogP contribution in [0.25, 0.3) is 0 Å². The number of nitrogens with one attached hydrogen (secondary N) is 1. The summed E-state index contributed by atoms with van der Waals surface area (Å²) in [5, 5.41) is 13.7. The summed E-state index contributed by atoms with van der Waals surface area (Å²) in [6.07, 6.45) is 3.05. The van der Waals surface area contributed by atoms with Crippen LogP contribution in [-0.4, -0.2) is 30.3 Å². The SMILES string of the molecule is COc1cccnc1C1(O)CCNCC1. The molecule has 2 rings (SSSR count). The Kier molecular flexibility index (Phi) is 2.88. The Bertz CT molecular complexity index is 335. The van der Waals surface area contributed by atoms with E-state index in [1.54, 1.807) is 13.3 Å². The van der Waals surface area contributed by atoms with E-state index in [1.807, 2.05) is 12.1 Å². The molecule has 1 aromatic heterocycles. The van der Waals surface area contributed by atoms with Crippen LogP contribution in [0.5, 0.6) is 5.75 Å². The van der Waals surface area contributed by atoms with E-state index in [-0.39, 0.29) is 0 Å². The molecule has 4 nitrogen and oxygen atoms in total. The molecule has 0 spiro atoms. The van der Waals surface area contributed by atoms with E-state index < -0.39 is 5.60 Å². The monoisotopic (exact) mass is 208 g/mol. The second-order valence-corrected chi connectivity index (χ2v) is 3.84. The van der Waals surface area contributed by atoms with Gasteiger partial charge in [-0.05, 0) is 38.1 Å². The van der Waals surface area contributed by atoms with E-state index in [0.717, 1.165) is 13.1 Å². The van der Waals surface area contributed by atoms with Crippen LogP contribution in [0, 0.1) is 0 Å². The molecule has 0 aromatic carbocycles. The van der Waals surface area contributed by atoms with Crippen LogP contribution in [0.3, 0.4) is 0 Å². The van der Waals surface area contributed by atoms with Gasteiger partial charge in [0.25, 0.3) is 0 Å². The highest BCUT2D eigenvalue weighted by Gasteiger charge is 2.34. The minimum Gasteiger partial charge on any atom is -0.495 e. The van der Waals surface area contributed by atoms with Gasteiger partial charge >= 0.3 is 0 Å². The van der Waals surface area contributed by atoms with Crippen molar-refractivity contribution in [3.05, 3.63) is 24.0 Å². The summed E-state index contributed by atoms with van der Waals surface area (Å²) in [7, 11) is 1.60. The van der Waals surface area contributed by atoms with Crippen molar-refractivity contribution < 1.29 is 9.84 Å². The maximum Gasteiger partial charge on any atom is 0.143 e. The van der Waals surface area contributed by atoms with Gasteiger partial charge in [0.05, 0.1) is 7.11 Å². The van der Waals surface area contributed by atoms with E-state index in [4.69, 9.17) is 4.74 Å². The second kappa shape index (κ2) is 4.16. The molecule has 2 N–H and O–H groups in total. The molecule has 1 aliphatic rings. The lowest BCUT2D eigenvalue weighted by Gasteiger charge is -2.32. The fraction of sp³-hybridized carbons (Fsp3) is 0.545. The van der Waals surface area contributed by atoms with E-state index in [2.05, 4.69) is 10.3 Å². The van der Waals surface area contributed by atoms with Crippen molar-refractivity contribution in [2.24, 2.45) is 0 Å². The van der Waals surface area contributed by atoms with Gasteiger partial charge in [-0.25, -0.2) is 0 Å². The molecular weight excluding hydrogens is 192 g/mol. The molecule has 2 heterocycles. The number of hydrogen-bond donors (Lipinski definition) is 2. The van der Waals surface area contributed by atoms with Crippen molar-refractivity contribution in [3.8, 4) is 5.75 Å². The molecule has 1 saturated heterocycles. The van der Waals surface area contributed by atoms with Crippen molar-refractivity contribution in [2.45, 2.75) is 18.4 Å². The molecule has 0 radical (unpaired) electrons. The summed E-state index contributed by atoms with van der Waals surface area (Å²) < 4.78 is 5.22. The van der Waals surface area contributed by atoms with Gasteiger partial charge in [0.15, 0.2) is 0 Å². The summed E-state index contributed by atoms with van der Waals surface area (Å²) in [6, 6.07) is 3.65. The Morgan fingerprint density at radius 2 is 2.20 bits per heavy atom. The zero-order valence-electron chi connectivity index (χ0n) is 8.86. The lowest BCUT2D eigenvalue weighted by atomic mass is 9.88. The van der Waals surface area contributed by atoms with E-state index in [0.29, 0.717) is 24.3 Å². The molecule has 0 bridgehead atoms. The van der Waals surface area contributed by atoms with Gasteiger partial charge in [0.2, 0.25) is 0 Å². The summed E-state index contributed by atoms with van der Waals surface area (Å²) >= 11 is 0. The van der Waals surface area contributed by atoms with Gasteiger partial charge in [0.1, 0.15) is 17.0 Å². The average molecular weight is 208 g/mol. The smallest absolute Gasteiger partial charge is 0.143 e. The fourth-order valence-corrected chi connectivity index (χ4v) is 1.98. The molecule has 82 valence electrons. The van der Waals surface area contributed by atoms with Crippen LogP contribution in [0.4, 0.5) is 0 Å². The molecular formula is C11H16N2O2. The highest BCUT2D eigenvalue weighted by Crippen LogP contribution is 2.34. The van der Waals surface area contributed by atoms with E-state index in [9.17, 15) is 5.11 Å². The topological polar surface area (TPSA) is 54.4 Å². The third-order valence-corrected chi connectivity index (χ3v) is 2.86. The predicted octanol–water partition coefficient (Wildman–Crippen LogP) is 0.661. The predicted molar refractivity (Wildman–Crippen MR) is 56.8 cm³/mol. The van der Waals surface area contributed by atoms with Crippen LogP contribution < -0.4 is 10.1 Å². The summed E-state index contributed by atoms with van der Waals surface area (Å²) in [4.78, 5) is 4.24. The Balaban J connectivity index is 2.34. The Labute approximate surface area is 89.3 Å². The number of nitrogens with zero attached hydrogens (tertiary/aromatic N) is 1. The number of pyridine rings is 1. The number of methoxy groups -OCH3 is 1. The van der Waals surface area contributed by atoms with Crippen molar-refractivity contribution in [2.75, 3.05) is 20.2 Å². The summed E-state index contributed by atoms with van der Waals surface area (Å²) in [5.41, 5.74) is -0.174. The van der Waals surface area contributed by atoms with E-state index in [1.165, 1.54) is 0 Å². The molecule has 0 saturated carbocycles. The highest BCUT2D eigenvalue weighted by atomic mass is 16.5. The van der Waals surface area contributed by atoms with Gasteiger partial charge in [-0.3, -0.25) is 4.98 Å². The lowest BCUT2D eigenvalue weighted by molar-refractivity contribution is -0.000276. The Morgan fingerprint density at radius 3 is 2.87 bits per heavy atom.